The van der Waals surface area contributed by atoms with E-state index < -0.39 is 10.8 Å². The van der Waals surface area contributed by atoms with Gasteiger partial charge in [0.25, 0.3) is 11.6 Å². The lowest BCUT2D eigenvalue weighted by atomic mass is 10.1. The first kappa shape index (κ1) is 23.7. The van der Waals surface area contributed by atoms with Crippen LogP contribution in [0.1, 0.15) is 28.5 Å². The number of aromatic nitrogens is 2. The third-order valence-corrected chi connectivity index (χ3v) is 5.49. The normalized spacial score (nSPS) is 11.2. The standard InChI is InChI=1S/C25H20ClN5O4/c1-16(18-6-4-7-20(13-18)31(33)34)27-30-25(32)24-14-23(28-29-24)17-9-11-21(12-10-17)35-15-19-5-2-3-8-22(19)26/h2-14H,15H2,1H3,(H,28,29)(H,30,32)/b27-16-. The number of nitrogens with zero attached hydrogens (tertiary/aromatic N) is 3. The summed E-state index contributed by atoms with van der Waals surface area (Å²) in [5.74, 6) is 0.182. The van der Waals surface area contributed by atoms with Crippen molar-refractivity contribution in [3.63, 3.8) is 0 Å². The summed E-state index contributed by atoms with van der Waals surface area (Å²) < 4.78 is 5.79. The van der Waals surface area contributed by atoms with Crippen LogP contribution in [0, 0.1) is 10.1 Å². The van der Waals surface area contributed by atoms with E-state index in [1.807, 2.05) is 48.5 Å². The molecule has 9 nitrogen and oxygen atoms in total. The van der Waals surface area contributed by atoms with E-state index in [2.05, 4.69) is 20.7 Å². The molecule has 1 aromatic heterocycles. The van der Waals surface area contributed by atoms with E-state index >= 15 is 0 Å². The summed E-state index contributed by atoms with van der Waals surface area (Å²) >= 11 is 6.16. The maximum atomic E-state index is 12.5. The highest BCUT2D eigenvalue weighted by atomic mass is 35.5. The van der Waals surface area contributed by atoms with Gasteiger partial charge in [-0.25, -0.2) is 5.43 Å². The predicted molar refractivity (Wildman–Crippen MR) is 133 cm³/mol. The Hall–Kier alpha value is -4.50. The number of nitro groups is 1. The Labute approximate surface area is 205 Å². The molecule has 1 heterocycles. The van der Waals surface area contributed by atoms with Crippen molar-refractivity contribution in [1.29, 1.82) is 0 Å². The van der Waals surface area contributed by atoms with Crippen LogP contribution in [0.15, 0.2) is 84.0 Å². The average molecular weight is 490 g/mol. The van der Waals surface area contributed by atoms with E-state index in [0.717, 1.165) is 11.1 Å². The van der Waals surface area contributed by atoms with E-state index in [9.17, 15) is 14.9 Å². The van der Waals surface area contributed by atoms with Gasteiger partial charge < -0.3 is 4.74 Å². The molecule has 10 heteroatoms. The van der Waals surface area contributed by atoms with Crippen molar-refractivity contribution in [1.82, 2.24) is 15.6 Å². The average Bonchev–Trinajstić information content (AvgIpc) is 3.37. The van der Waals surface area contributed by atoms with Crippen LogP contribution in [0.3, 0.4) is 0 Å². The first-order valence-corrected chi connectivity index (χ1v) is 10.9. The summed E-state index contributed by atoms with van der Waals surface area (Å²) in [6, 6.07) is 22.4. The third kappa shape index (κ3) is 5.90. The Kier molecular flexibility index (Phi) is 7.18. The maximum absolute atomic E-state index is 12.5. The lowest BCUT2D eigenvalue weighted by Gasteiger charge is -2.08. The van der Waals surface area contributed by atoms with E-state index in [-0.39, 0.29) is 11.4 Å². The Bertz CT molecular complexity index is 1400. The molecule has 0 saturated carbocycles. The van der Waals surface area contributed by atoms with E-state index in [1.165, 1.54) is 12.1 Å². The number of aromatic amines is 1. The number of hydrazone groups is 1. The number of hydrogen-bond acceptors (Lipinski definition) is 6. The van der Waals surface area contributed by atoms with E-state index in [0.29, 0.717) is 34.3 Å². The molecular weight excluding hydrogens is 470 g/mol. The molecule has 0 spiro atoms. The van der Waals surface area contributed by atoms with Gasteiger partial charge in [0.2, 0.25) is 0 Å². The number of carbonyl (C=O) groups excluding carboxylic acids is 1. The molecule has 3 aromatic carbocycles. The van der Waals surface area contributed by atoms with Crippen LogP contribution < -0.4 is 10.2 Å². The molecule has 4 rings (SSSR count). The van der Waals surface area contributed by atoms with Crippen LogP contribution in [0.25, 0.3) is 11.3 Å². The lowest BCUT2D eigenvalue weighted by Crippen LogP contribution is -2.19. The molecule has 1 amide bonds. The molecule has 0 saturated heterocycles. The summed E-state index contributed by atoms with van der Waals surface area (Å²) in [7, 11) is 0. The second-order valence-electron chi connectivity index (χ2n) is 7.52. The smallest absolute Gasteiger partial charge is 0.289 e. The Balaban J connectivity index is 1.38. The van der Waals surface area contributed by atoms with Crippen molar-refractivity contribution in [3.8, 4) is 17.0 Å². The molecule has 35 heavy (non-hydrogen) atoms. The highest BCUT2D eigenvalue weighted by Crippen LogP contribution is 2.23. The minimum atomic E-state index is -0.492. The second-order valence-corrected chi connectivity index (χ2v) is 7.92. The summed E-state index contributed by atoms with van der Waals surface area (Å²) in [6.07, 6.45) is 0. The monoisotopic (exact) mass is 489 g/mol. The number of amides is 1. The number of ether oxygens (including phenoxy) is 1. The first-order valence-electron chi connectivity index (χ1n) is 10.5. The van der Waals surface area contributed by atoms with Crippen LogP contribution in [0.2, 0.25) is 5.02 Å². The first-order chi connectivity index (χ1) is 16.9. The Morgan fingerprint density at radius 3 is 2.63 bits per heavy atom. The molecule has 0 aliphatic heterocycles. The fourth-order valence-corrected chi connectivity index (χ4v) is 3.38. The van der Waals surface area contributed by atoms with Crippen LogP contribution in [-0.4, -0.2) is 26.7 Å². The number of benzene rings is 3. The molecule has 2 N–H and O–H groups in total. The Morgan fingerprint density at radius 2 is 1.89 bits per heavy atom. The highest BCUT2D eigenvalue weighted by Gasteiger charge is 2.12. The van der Waals surface area contributed by atoms with Crippen LogP contribution in [0.5, 0.6) is 5.75 Å². The fourth-order valence-electron chi connectivity index (χ4n) is 3.19. The van der Waals surface area contributed by atoms with Crippen molar-refractivity contribution in [2.75, 3.05) is 0 Å². The van der Waals surface area contributed by atoms with Crippen molar-refractivity contribution in [3.05, 3.63) is 111 Å². The molecule has 0 atom stereocenters. The summed E-state index contributed by atoms with van der Waals surface area (Å²) in [6.45, 7) is 2.00. The molecule has 0 bridgehead atoms. The minimum Gasteiger partial charge on any atom is -0.489 e. The summed E-state index contributed by atoms with van der Waals surface area (Å²) in [5.41, 5.74) is 5.81. The largest absolute Gasteiger partial charge is 0.489 e. The van der Waals surface area contributed by atoms with Gasteiger partial charge in [-0.2, -0.15) is 10.2 Å². The molecule has 4 aromatic rings. The fraction of sp³-hybridized carbons (Fsp3) is 0.0800. The number of nitrogens with one attached hydrogen (secondary N) is 2. The van der Waals surface area contributed by atoms with Gasteiger partial charge in [0, 0.05) is 33.8 Å². The number of halogens is 1. The summed E-state index contributed by atoms with van der Waals surface area (Å²) in [4.78, 5) is 22.9. The molecule has 176 valence electrons. The molecule has 0 unspecified atom stereocenters. The summed E-state index contributed by atoms with van der Waals surface area (Å²) in [5, 5.41) is 22.5. The van der Waals surface area contributed by atoms with Gasteiger partial charge in [-0.15, -0.1) is 0 Å². The van der Waals surface area contributed by atoms with Gasteiger partial charge in [-0.1, -0.05) is 41.9 Å². The number of non-ortho nitro benzene ring substituents is 1. The highest BCUT2D eigenvalue weighted by molar-refractivity contribution is 6.31. The van der Waals surface area contributed by atoms with E-state index in [1.54, 1.807) is 25.1 Å². The van der Waals surface area contributed by atoms with Gasteiger partial charge >= 0.3 is 0 Å². The number of H-pyrrole nitrogens is 1. The van der Waals surface area contributed by atoms with Crippen molar-refractivity contribution >= 4 is 28.9 Å². The number of rotatable bonds is 8. The molecule has 0 fully saturated rings. The quantitative estimate of drug-likeness (QED) is 0.195. The Morgan fingerprint density at radius 1 is 1.11 bits per heavy atom. The van der Waals surface area contributed by atoms with Gasteiger partial charge in [0.05, 0.1) is 16.3 Å². The second kappa shape index (κ2) is 10.6. The van der Waals surface area contributed by atoms with Crippen molar-refractivity contribution < 1.29 is 14.5 Å². The van der Waals surface area contributed by atoms with Gasteiger partial charge in [-0.05, 0) is 43.3 Å². The zero-order valence-electron chi connectivity index (χ0n) is 18.6. The number of hydrogen-bond donors (Lipinski definition) is 2. The minimum absolute atomic E-state index is 0.0538. The topological polar surface area (TPSA) is 123 Å². The zero-order valence-corrected chi connectivity index (χ0v) is 19.3. The van der Waals surface area contributed by atoms with Gasteiger partial charge in [0.15, 0.2) is 0 Å². The zero-order chi connectivity index (χ0) is 24.8. The van der Waals surface area contributed by atoms with Gasteiger partial charge in [0.1, 0.15) is 18.1 Å². The molecular formula is C25H20ClN5O4. The maximum Gasteiger partial charge on any atom is 0.289 e. The van der Waals surface area contributed by atoms with Crippen LogP contribution in [-0.2, 0) is 6.61 Å². The third-order valence-electron chi connectivity index (χ3n) is 5.12. The van der Waals surface area contributed by atoms with Crippen LogP contribution in [0.4, 0.5) is 5.69 Å². The van der Waals surface area contributed by atoms with Crippen molar-refractivity contribution in [2.45, 2.75) is 13.5 Å². The van der Waals surface area contributed by atoms with Gasteiger partial charge in [-0.3, -0.25) is 20.0 Å². The molecule has 0 radical (unpaired) electrons. The van der Waals surface area contributed by atoms with Crippen LogP contribution >= 0.6 is 11.6 Å². The molecule has 0 aliphatic carbocycles. The van der Waals surface area contributed by atoms with Crippen molar-refractivity contribution in [2.24, 2.45) is 5.10 Å². The molecule has 0 aliphatic rings. The van der Waals surface area contributed by atoms with E-state index in [4.69, 9.17) is 16.3 Å². The SMILES string of the molecule is C/C(=N/NC(=O)c1cc(-c2ccc(OCc3ccccc3Cl)cc2)n[nH]1)c1cccc([N+](=O)[O-])c1. The number of carbonyl (C=O) groups is 1. The lowest BCUT2D eigenvalue weighted by molar-refractivity contribution is -0.384. The number of nitro benzene ring substituents is 1. The predicted octanol–water partition coefficient (Wildman–Crippen LogP) is 5.37.